The van der Waals surface area contributed by atoms with E-state index in [1.54, 1.807) is 37.3 Å². The average Bonchev–Trinajstić information content (AvgIpc) is 2.91. The zero-order chi connectivity index (χ0) is 29.4. The molecule has 214 valence electrons. The highest BCUT2D eigenvalue weighted by molar-refractivity contribution is 7.92. The van der Waals surface area contributed by atoms with Crippen LogP contribution in [0.25, 0.3) is 0 Å². The largest absolute Gasteiger partial charge is 0.354 e. The summed E-state index contributed by atoms with van der Waals surface area (Å²) in [5.74, 6) is -0.461. The Morgan fingerprint density at radius 2 is 1.48 bits per heavy atom. The summed E-state index contributed by atoms with van der Waals surface area (Å²) < 4.78 is 29.1. The van der Waals surface area contributed by atoms with E-state index < -0.39 is 28.5 Å². The first-order valence-electron chi connectivity index (χ1n) is 13.7. The Bertz CT molecular complexity index is 1400. The summed E-state index contributed by atoms with van der Waals surface area (Å²) in [5.41, 5.74) is 4.11. The summed E-state index contributed by atoms with van der Waals surface area (Å²) in [5, 5.41) is 2.91. The van der Waals surface area contributed by atoms with Crippen LogP contribution in [0.1, 0.15) is 43.0 Å². The Labute approximate surface area is 239 Å². The van der Waals surface area contributed by atoms with Crippen molar-refractivity contribution in [3.63, 3.8) is 0 Å². The molecule has 40 heavy (non-hydrogen) atoms. The maximum absolute atomic E-state index is 14.0. The number of nitrogens with one attached hydrogen (secondary N) is 1. The lowest BCUT2D eigenvalue weighted by Gasteiger charge is -2.32. The molecule has 1 N–H and O–H groups in total. The van der Waals surface area contributed by atoms with Gasteiger partial charge in [0, 0.05) is 13.1 Å². The van der Waals surface area contributed by atoms with E-state index in [1.165, 1.54) is 9.21 Å². The molecule has 3 aromatic carbocycles. The molecular formula is C32H41N3O4S. The first-order chi connectivity index (χ1) is 18.9. The Morgan fingerprint density at radius 3 is 2.08 bits per heavy atom. The van der Waals surface area contributed by atoms with Gasteiger partial charge in [-0.2, -0.15) is 0 Å². The molecule has 0 heterocycles. The Balaban J connectivity index is 1.99. The molecular weight excluding hydrogens is 522 g/mol. The molecule has 0 fully saturated rings. The van der Waals surface area contributed by atoms with E-state index in [0.717, 1.165) is 22.3 Å². The van der Waals surface area contributed by atoms with Gasteiger partial charge in [0.1, 0.15) is 12.6 Å². The van der Waals surface area contributed by atoms with Gasteiger partial charge < -0.3 is 10.2 Å². The average molecular weight is 564 g/mol. The van der Waals surface area contributed by atoms with Gasteiger partial charge in [0.05, 0.1) is 10.6 Å². The van der Waals surface area contributed by atoms with Crippen molar-refractivity contribution in [1.29, 1.82) is 0 Å². The fourth-order valence-corrected chi connectivity index (χ4v) is 5.94. The van der Waals surface area contributed by atoms with Crippen molar-refractivity contribution in [2.24, 2.45) is 5.92 Å². The van der Waals surface area contributed by atoms with Crippen molar-refractivity contribution in [2.45, 2.75) is 58.9 Å². The maximum atomic E-state index is 14.0. The smallest absolute Gasteiger partial charge is 0.264 e. The molecule has 0 saturated carbocycles. The third-order valence-corrected chi connectivity index (χ3v) is 8.62. The maximum Gasteiger partial charge on any atom is 0.264 e. The number of sulfonamides is 1. The Kier molecular flexibility index (Phi) is 10.5. The van der Waals surface area contributed by atoms with E-state index in [1.807, 2.05) is 77.1 Å². The molecule has 7 nitrogen and oxygen atoms in total. The minimum absolute atomic E-state index is 0.101. The van der Waals surface area contributed by atoms with E-state index >= 15 is 0 Å². The number of aryl methyl sites for hydroxylation is 3. The van der Waals surface area contributed by atoms with Crippen LogP contribution in [0, 0.1) is 26.7 Å². The number of hydrogen-bond donors (Lipinski definition) is 1. The van der Waals surface area contributed by atoms with Crippen LogP contribution in [-0.2, 0) is 26.0 Å². The number of hydrogen-bond acceptors (Lipinski definition) is 4. The van der Waals surface area contributed by atoms with E-state index in [0.29, 0.717) is 18.7 Å². The minimum atomic E-state index is -4.08. The minimum Gasteiger partial charge on any atom is -0.354 e. The highest BCUT2D eigenvalue weighted by Gasteiger charge is 2.33. The first-order valence-corrected chi connectivity index (χ1v) is 15.1. The summed E-state index contributed by atoms with van der Waals surface area (Å²) in [7, 11) is -4.08. The molecule has 0 aliphatic carbocycles. The molecule has 0 bridgehead atoms. The Morgan fingerprint density at radius 1 is 0.850 bits per heavy atom. The predicted octanol–water partition coefficient (Wildman–Crippen LogP) is 5.04. The van der Waals surface area contributed by atoms with Gasteiger partial charge in [0.25, 0.3) is 10.0 Å². The fraction of sp³-hybridized carbons (Fsp3) is 0.375. The van der Waals surface area contributed by atoms with E-state index in [9.17, 15) is 18.0 Å². The second-order valence-electron chi connectivity index (χ2n) is 10.8. The zero-order valence-electron chi connectivity index (χ0n) is 24.3. The summed E-state index contributed by atoms with van der Waals surface area (Å²) in [6, 6.07) is 21.0. The van der Waals surface area contributed by atoms with Crippen molar-refractivity contribution >= 4 is 27.5 Å². The number of carbonyl (C=O) groups is 2. The van der Waals surface area contributed by atoms with Gasteiger partial charge in [-0.25, -0.2) is 8.42 Å². The number of anilines is 1. The summed E-state index contributed by atoms with van der Waals surface area (Å²) in [6.45, 7) is 11.7. The van der Waals surface area contributed by atoms with Gasteiger partial charge in [0.15, 0.2) is 0 Å². The monoisotopic (exact) mass is 563 g/mol. The lowest BCUT2D eigenvalue weighted by Crippen LogP contribution is -2.52. The molecule has 2 amide bonds. The third kappa shape index (κ3) is 7.94. The number of amides is 2. The number of benzene rings is 3. The molecule has 3 rings (SSSR count). The van der Waals surface area contributed by atoms with Crippen LogP contribution in [-0.4, -0.2) is 50.8 Å². The van der Waals surface area contributed by atoms with Crippen molar-refractivity contribution in [3.8, 4) is 0 Å². The van der Waals surface area contributed by atoms with E-state index in [2.05, 4.69) is 5.32 Å². The summed E-state index contributed by atoms with van der Waals surface area (Å²) in [4.78, 5) is 28.6. The molecule has 0 spiro atoms. The summed E-state index contributed by atoms with van der Waals surface area (Å²) >= 11 is 0. The second-order valence-corrected chi connectivity index (χ2v) is 12.6. The van der Waals surface area contributed by atoms with Gasteiger partial charge in [-0.3, -0.25) is 13.9 Å². The molecule has 3 aromatic rings. The first kappa shape index (κ1) is 30.9. The SMILES string of the molecule is Cc1ccc(S(=O)(=O)N(CC(=O)N(CCc2ccccc2)C(C)C(=O)NCC(C)C)c2ccc(C)cc2C)cc1. The van der Waals surface area contributed by atoms with Crippen LogP contribution >= 0.6 is 0 Å². The normalized spacial score (nSPS) is 12.2. The molecule has 1 unspecified atom stereocenters. The molecule has 1 atom stereocenters. The molecule has 0 aromatic heterocycles. The lowest BCUT2D eigenvalue weighted by atomic mass is 10.1. The highest BCUT2D eigenvalue weighted by atomic mass is 32.2. The lowest BCUT2D eigenvalue weighted by molar-refractivity contribution is -0.138. The van der Waals surface area contributed by atoms with Crippen LogP contribution in [0.5, 0.6) is 0 Å². The van der Waals surface area contributed by atoms with Crippen LogP contribution in [0.4, 0.5) is 5.69 Å². The van der Waals surface area contributed by atoms with Crippen molar-refractivity contribution in [2.75, 3.05) is 23.9 Å². The van der Waals surface area contributed by atoms with E-state index in [-0.39, 0.29) is 23.3 Å². The predicted molar refractivity (Wildman–Crippen MR) is 161 cm³/mol. The van der Waals surface area contributed by atoms with Crippen LogP contribution in [0.2, 0.25) is 0 Å². The fourth-order valence-electron chi connectivity index (χ4n) is 4.46. The van der Waals surface area contributed by atoms with Crippen LogP contribution < -0.4 is 9.62 Å². The third-order valence-electron chi connectivity index (χ3n) is 6.84. The van der Waals surface area contributed by atoms with Crippen LogP contribution in [0.3, 0.4) is 0 Å². The van der Waals surface area contributed by atoms with Crippen molar-refractivity contribution in [1.82, 2.24) is 10.2 Å². The molecule has 0 aliphatic heterocycles. The molecule has 0 aliphatic rings. The van der Waals surface area contributed by atoms with Crippen molar-refractivity contribution in [3.05, 3.63) is 95.1 Å². The van der Waals surface area contributed by atoms with Crippen LogP contribution in [0.15, 0.2) is 77.7 Å². The zero-order valence-corrected chi connectivity index (χ0v) is 25.2. The van der Waals surface area contributed by atoms with Gasteiger partial charge >= 0.3 is 0 Å². The van der Waals surface area contributed by atoms with E-state index in [4.69, 9.17) is 0 Å². The summed E-state index contributed by atoms with van der Waals surface area (Å²) in [6.07, 6.45) is 0.530. The highest BCUT2D eigenvalue weighted by Crippen LogP contribution is 2.28. The number of rotatable bonds is 12. The molecule has 0 radical (unpaired) electrons. The van der Waals surface area contributed by atoms with Gasteiger partial charge in [0.2, 0.25) is 11.8 Å². The number of nitrogens with zero attached hydrogens (tertiary/aromatic N) is 2. The topological polar surface area (TPSA) is 86.8 Å². The molecule has 8 heteroatoms. The molecule has 0 saturated heterocycles. The van der Waals surface area contributed by atoms with Crippen molar-refractivity contribution < 1.29 is 18.0 Å². The standard InChI is InChI=1S/C32H41N3O4S/c1-23(2)21-33-32(37)27(6)34(19-18-28-10-8-7-9-11-28)31(36)22-35(30-17-14-25(4)20-26(30)5)40(38,39)29-15-12-24(3)13-16-29/h7-17,20,23,27H,18-19,21-22H2,1-6H3,(H,33,37). The van der Waals surface area contributed by atoms with Gasteiger partial charge in [-0.15, -0.1) is 0 Å². The number of carbonyl (C=O) groups excluding carboxylic acids is 2. The Hall–Kier alpha value is -3.65. The second kappa shape index (κ2) is 13.6. The van der Waals surface area contributed by atoms with Gasteiger partial charge in [-0.05, 0) is 69.4 Å². The quantitative estimate of drug-likeness (QED) is 0.335. The van der Waals surface area contributed by atoms with Gasteiger partial charge in [-0.1, -0.05) is 79.6 Å².